The molecule has 0 spiro atoms. The van der Waals surface area contributed by atoms with Crippen molar-refractivity contribution in [2.75, 3.05) is 38.9 Å². The lowest BCUT2D eigenvalue weighted by molar-refractivity contribution is 0.00706. The van der Waals surface area contributed by atoms with Gasteiger partial charge in [0.25, 0.3) is 6.01 Å². The molecule has 0 radical (unpaired) electrons. The number of methoxy groups -OCH3 is 1. The second-order valence-corrected chi connectivity index (χ2v) is 8.30. The van der Waals surface area contributed by atoms with Crippen LogP contribution >= 0.6 is 11.6 Å². The first-order valence-electron chi connectivity index (χ1n) is 10.7. The smallest absolute Gasteiger partial charge is 0.296 e. The van der Waals surface area contributed by atoms with E-state index >= 15 is 0 Å². The van der Waals surface area contributed by atoms with Crippen LogP contribution in [0.15, 0.2) is 30.3 Å². The van der Waals surface area contributed by atoms with Gasteiger partial charge < -0.3 is 39.1 Å². The van der Waals surface area contributed by atoms with Crippen LogP contribution in [0.4, 0.5) is 5.82 Å². The third-order valence-corrected chi connectivity index (χ3v) is 5.88. The second kappa shape index (κ2) is 9.70. The van der Waals surface area contributed by atoms with Crippen molar-refractivity contribution in [1.82, 2.24) is 15.0 Å². The zero-order chi connectivity index (χ0) is 22.8. The fourth-order valence-corrected chi connectivity index (χ4v) is 4.11. The van der Waals surface area contributed by atoms with Gasteiger partial charge >= 0.3 is 0 Å². The van der Waals surface area contributed by atoms with Crippen molar-refractivity contribution in [2.24, 2.45) is 0 Å². The largest absolute Gasteiger partial charge is 0.491 e. The average molecular weight is 477 g/mol. The Kier molecular flexibility index (Phi) is 6.52. The summed E-state index contributed by atoms with van der Waals surface area (Å²) >= 11 is 6.42. The molecule has 3 aromatic rings. The van der Waals surface area contributed by atoms with Gasteiger partial charge in [-0.25, -0.2) is 4.98 Å². The van der Waals surface area contributed by atoms with Crippen molar-refractivity contribution in [3.05, 3.63) is 40.9 Å². The fraction of sp³-hybridized carbons (Fsp3) is 0.455. The van der Waals surface area contributed by atoms with E-state index in [4.69, 9.17) is 35.3 Å². The maximum Gasteiger partial charge on any atom is 0.296 e. The molecular formula is C22H25ClN4O6. The predicted molar refractivity (Wildman–Crippen MR) is 120 cm³/mol. The zero-order valence-electron chi connectivity index (χ0n) is 18.0. The van der Waals surface area contributed by atoms with Crippen LogP contribution in [0.5, 0.6) is 11.8 Å². The maximum atomic E-state index is 9.88. The molecule has 0 unspecified atom stereocenters. The van der Waals surface area contributed by atoms with Gasteiger partial charge in [0, 0.05) is 13.7 Å². The number of aromatic nitrogens is 3. The number of pyridine rings is 1. The van der Waals surface area contributed by atoms with Crippen LogP contribution in [-0.4, -0.2) is 78.0 Å². The lowest BCUT2D eigenvalue weighted by atomic mass is 10.1. The SMILES string of the molecule is COCCOc1ccc(CNc2nc3nc(O[C@@H]4CO[C@H]5[C@@H]4OC[C@H]5O)[nH]c3cc2Cl)cc1. The van der Waals surface area contributed by atoms with Crippen LogP contribution in [0.1, 0.15) is 5.56 Å². The van der Waals surface area contributed by atoms with Crippen molar-refractivity contribution >= 4 is 28.6 Å². The second-order valence-electron chi connectivity index (χ2n) is 7.89. The van der Waals surface area contributed by atoms with Crippen molar-refractivity contribution in [3.8, 4) is 11.8 Å². The molecular weight excluding hydrogens is 452 g/mol. The first kappa shape index (κ1) is 22.2. The minimum Gasteiger partial charge on any atom is -0.491 e. The Labute approximate surface area is 195 Å². The first-order chi connectivity index (χ1) is 16.1. The molecule has 0 bridgehead atoms. The molecule has 0 amide bonds. The Hall–Kier alpha value is -2.63. The minimum atomic E-state index is -0.632. The van der Waals surface area contributed by atoms with Gasteiger partial charge in [-0.3, -0.25) is 0 Å². The Morgan fingerprint density at radius 3 is 2.79 bits per heavy atom. The molecule has 2 fully saturated rings. The molecule has 0 aliphatic carbocycles. The van der Waals surface area contributed by atoms with Crippen LogP contribution in [-0.2, 0) is 20.8 Å². The first-order valence-corrected chi connectivity index (χ1v) is 11.1. The van der Waals surface area contributed by atoms with E-state index in [0.29, 0.717) is 54.4 Å². The van der Waals surface area contributed by atoms with Crippen molar-refractivity contribution < 1.29 is 28.8 Å². The molecule has 2 saturated heterocycles. The molecule has 33 heavy (non-hydrogen) atoms. The van der Waals surface area contributed by atoms with Crippen LogP contribution in [0, 0.1) is 0 Å². The van der Waals surface area contributed by atoms with Crippen molar-refractivity contribution in [2.45, 2.75) is 31.0 Å². The Balaban J connectivity index is 1.22. The van der Waals surface area contributed by atoms with Gasteiger partial charge in [-0.2, -0.15) is 4.98 Å². The quantitative estimate of drug-likeness (QED) is 0.399. The Bertz CT molecular complexity index is 1090. The summed E-state index contributed by atoms with van der Waals surface area (Å²) in [6, 6.07) is 9.82. The number of hydrogen-bond acceptors (Lipinski definition) is 9. The zero-order valence-corrected chi connectivity index (χ0v) is 18.7. The van der Waals surface area contributed by atoms with Gasteiger partial charge in [-0.1, -0.05) is 23.7 Å². The summed E-state index contributed by atoms with van der Waals surface area (Å²) in [5.41, 5.74) is 2.18. The highest BCUT2D eigenvalue weighted by Crippen LogP contribution is 2.31. The van der Waals surface area contributed by atoms with E-state index < -0.39 is 6.10 Å². The molecule has 10 nitrogen and oxygen atoms in total. The van der Waals surface area contributed by atoms with Crippen LogP contribution in [0.25, 0.3) is 11.2 Å². The lowest BCUT2D eigenvalue weighted by Gasteiger charge is -2.15. The number of rotatable bonds is 9. The number of imidazole rings is 1. The van der Waals surface area contributed by atoms with Gasteiger partial charge in [-0.05, 0) is 23.8 Å². The van der Waals surface area contributed by atoms with E-state index in [0.717, 1.165) is 11.3 Å². The number of nitrogens with zero attached hydrogens (tertiary/aromatic N) is 2. The van der Waals surface area contributed by atoms with Gasteiger partial charge in [0.15, 0.2) is 11.8 Å². The van der Waals surface area contributed by atoms with Gasteiger partial charge in [-0.15, -0.1) is 0 Å². The third kappa shape index (κ3) is 4.85. The number of anilines is 1. The highest BCUT2D eigenvalue weighted by Gasteiger charge is 2.48. The molecule has 4 heterocycles. The molecule has 11 heteroatoms. The molecule has 0 saturated carbocycles. The number of aliphatic hydroxyl groups is 1. The van der Waals surface area contributed by atoms with E-state index in [1.165, 1.54) is 0 Å². The molecule has 4 atom stereocenters. The Morgan fingerprint density at radius 2 is 1.97 bits per heavy atom. The Morgan fingerprint density at radius 1 is 1.15 bits per heavy atom. The number of nitrogens with one attached hydrogen (secondary N) is 2. The minimum absolute atomic E-state index is 0.241. The predicted octanol–water partition coefficient (Wildman–Crippen LogP) is 2.15. The van der Waals surface area contributed by atoms with Gasteiger partial charge in [0.05, 0.1) is 30.4 Å². The van der Waals surface area contributed by atoms with E-state index in [2.05, 4.69) is 20.3 Å². The molecule has 176 valence electrons. The van der Waals surface area contributed by atoms with Crippen LogP contribution < -0.4 is 14.8 Å². The number of aliphatic hydroxyl groups excluding tert-OH is 1. The average Bonchev–Trinajstić information content (AvgIpc) is 3.50. The third-order valence-electron chi connectivity index (χ3n) is 5.59. The summed E-state index contributed by atoms with van der Waals surface area (Å²) in [6.45, 7) is 2.15. The van der Waals surface area contributed by atoms with Gasteiger partial charge in [0.2, 0.25) is 0 Å². The van der Waals surface area contributed by atoms with Crippen LogP contribution in [0.3, 0.4) is 0 Å². The lowest BCUT2D eigenvalue weighted by Crippen LogP contribution is -2.34. The molecule has 2 aliphatic rings. The highest BCUT2D eigenvalue weighted by molar-refractivity contribution is 6.33. The normalized spacial score (nSPS) is 24.2. The number of fused-ring (bicyclic) bond motifs is 2. The van der Waals surface area contributed by atoms with Crippen molar-refractivity contribution in [3.63, 3.8) is 0 Å². The summed E-state index contributed by atoms with van der Waals surface area (Å²) in [5.74, 6) is 1.31. The number of hydrogen-bond donors (Lipinski definition) is 3. The number of benzene rings is 1. The number of H-pyrrole nitrogens is 1. The molecule has 1 aromatic carbocycles. The summed E-state index contributed by atoms with van der Waals surface area (Å²) in [5, 5.41) is 13.6. The number of halogens is 1. The molecule has 2 aliphatic heterocycles. The van der Waals surface area contributed by atoms with E-state index in [-0.39, 0.29) is 24.9 Å². The summed E-state index contributed by atoms with van der Waals surface area (Å²) in [4.78, 5) is 12.0. The van der Waals surface area contributed by atoms with Crippen LogP contribution in [0.2, 0.25) is 5.02 Å². The summed E-state index contributed by atoms with van der Waals surface area (Å²) in [7, 11) is 1.64. The molecule has 5 rings (SSSR count). The van der Waals surface area contributed by atoms with Crippen molar-refractivity contribution in [1.29, 1.82) is 0 Å². The number of aromatic amines is 1. The topological polar surface area (TPSA) is 120 Å². The molecule has 2 aromatic heterocycles. The van der Waals surface area contributed by atoms with E-state index in [9.17, 15) is 5.11 Å². The fourth-order valence-electron chi connectivity index (χ4n) is 3.90. The summed E-state index contributed by atoms with van der Waals surface area (Å²) < 4.78 is 27.7. The standard InChI is InChI=1S/C22H25ClN4O6/c1-29-6-7-30-13-4-2-12(3-5-13)9-24-20-14(23)8-15-21(26-20)27-22(25-15)33-17-11-32-18-16(28)10-31-19(17)18/h2-5,8,16-19,28H,6-7,9-11H2,1H3,(H2,24,25,26,27)/t16-,17-,18-,19-/m1/s1. The monoisotopic (exact) mass is 476 g/mol. The highest BCUT2D eigenvalue weighted by atomic mass is 35.5. The number of ether oxygens (including phenoxy) is 5. The van der Waals surface area contributed by atoms with Gasteiger partial charge in [0.1, 0.15) is 36.5 Å². The summed E-state index contributed by atoms with van der Waals surface area (Å²) in [6.07, 6.45) is -1.68. The maximum absolute atomic E-state index is 9.88. The molecule has 3 N–H and O–H groups in total. The van der Waals surface area contributed by atoms with E-state index in [1.807, 2.05) is 24.3 Å². The van der Waals surface area contributed by atoms with E-state index in [1.54, 1.807) is 13.2 Å².